The lowest BCUT2D eigenvalue weighted by atomic mass is 10.2. The van der Waals surface area contributed by atoms with Crippen LogP contribution in [0.1, 0.15) is 5.56 Å². The maximum atomic E-state index is 4.04. The molecule has 14 heavy (non-hydrogen) atoms. The molecule has 1 aromatic carbocycles. The molecule has 0 fully saturated rings. The van der Waals surface area contributed by atoms with Crippen LogP contribution in [0.2, 0.25) is 0 Å². The second-order valence-corrected chi connectivity index (χ2v) is 2.95. The number of hydrogen-bond donors (Lipinski definition) is 1. The van der Waals surface area contributed by atoms with Crippen molar-refractivity contribution in [3.8, 4) is 0 Å². The molecule has 2 rings (SSSR count). The third kappa shape index (κ3) is 2.04. The minimum atomic E-state index is 0.520. The molecule has 0 aliphatic heterocycles. The second-order valence-electron chi connectivity index (χ2n) is 2.95. The molecule has 0 aliphatic rings. The largest absolute Gasteiger partial charge is 0.328 e. The summed E-state index contributed by atoms with van der Waals surface area (Å²) in [4.78, 5) is 6.79. The Balaban J connectivity index is 2.18. The fourth-order valence-corrected chi connectivity index (χ4v) is 1.11. The van der Waals surface area contributed by atoms with Gasteiger partial charge >= 0.3 is 0 Å². The number of benzene rings is 1. The normalized spacial score (nSPS) is 10.9. The summed E-state index contributed by atoms with van der Waals surface area (Å²) in [6.07, 6.45) is 3.36. The third-order valence-corrected chi connectivity index (χ3v) is 1.75. The van der Waals surface area contributed by atoms with E-state index < -0.39 is 0 Å². The number of nitrogens with one attached hydrogen (secondary N) is 1. The molecule has 1 N–H and O–H groups in total. The summed E-state index contributed by atoms with van der Waals surface area (Å²) in [5.74, 6) is 0.520. The molecule has 0 atom stereocenters. The fourth-order valence-electron chi connectivity index (χ4n) is 1.11. The maximum Gasteiger partial charge on any atom is 0.246 e. The number of rotatable bonds is 2. The number of imidazole rings is 1. The summed E-state index contributed by atoms with van der Waals surface area (Å²) in [7, 11) is 0. The smallest absolute Gasteiger partial charge is 0.246 e. The average Bonchev–Trinajstić information content (AvgIpc) is 2.67. The number of azo groups is 1. The van der Waals surface area contributed by atoms with Crippen molar-refractivity contribution in [3.05, 3.63) is 42.2 Å². The number of nitrogens with zero attached hydrogens (tertiary/aromatic N) is 3. The molecule has 1 heterocycles. The molecule has 4 heteroatoms. The van der Waals surface area contributed by atoms with Crippen molar-refractivity contribution < 1.29 is 0 Å². The van der Waals surface area contributed by atoms with Crippen LogP contribution in [-0.2, 0) is 0 Å². The average molecular weight is 186 g/mol. The first-order chi connectivity index (χ1) is 6.84. The quantitative estimate of drug-likeness (QED) is 0.719. The molecule has 70 valence electrons. The summed E-state index contributed by atoms with van der Waals surface area (Å²) in [5.41, 5.74) is 2.00. The van der Waals surface area contributed by atoms with Gasteiger partial charge in [0.05, 0.1) is 5.69 Å². The van der Waals surface area contributed by atoms with Crippen molar-refractivity contribution >= 4 is 11.6 Å². The number of H-pyrrole nitrogens is 1. The van der Waals surface area contributed by atoms with E-state index in [0.29, 0.717) is 5.95 Å². The van der Waals surface area contributed by atoms with Crippen molar-refractivity contribution in [1.29, 1.82) is 0 Å². The summed E-state index contributed by atoms with van der Waals surface area (Å²) in [6.45, 7) is 2.02. The van der Waals surface area contributed by atoms with Crippen LogP contribution < -0.4 is 0 Å². The lowest BCUT2D eigenvalue weighted by Gasteiger charge is -1.92. The third-order valence-electron chi connectivity index (χ3n) is 1.75. The lowest BCUT2D eigenvalue weighted by Crippen LogP contribution is -1.69. The second kappa shape index (κ2) is 3.83. The van der Waals surface area contributed by atoms with Gasteiger partial charge in [-0.25, -0.2) is 4.98 Å². The van der Waals surface area contributed by atoms with Crippen molar-refractivity contribution in [2.45, 2.75) is 6.92 Å². The Labute approximate surface area is 81.7 Å². The first-order valence-corrected chi connectivity index (χ1v) is 4.32. The van der Waals surface area contributed by atoms with Gasteiger partial charge in [0.25, 0.3) is 0 Å². The molecule has 0 saturated heterocycles. The zero-order chi connectivity index (χ0) is 9.80. The first kappa shape index (κ1) is 8.62. The Morgan fingerprint density at radius 3 is 2.93 bits per heavy atom. The molecular formula is C10H10N4. The van der Waals surface area contributed by atoms with Crippen LogP contribution in [0.5, 0.6) is 0 Å². The molecule has 0 unspecified atom stereocenters. The van der Waals surface area contributed by atoms with Crippen LogP contribution in [0.25, 0.3) is 0 Å². The van der Waals surface area contributed by atoms with Gasteiger partial charge in [0.15, 0.2) is 0 Å². The predicted molar refractivity (Wildman–Crippen MR) is 53.9 cm³/mol. The Hall–Kier alpha value is -1.97. The fraction of sp³-hybridized carbons (Fsp3) is 0.100. The van der Waals surface area contributed by atoms with Crippen LogP contribution >= 0.6 is 0 Å². The molecule has 0 aliphatic carbocycles. The number of aromatic amines is 1. The van der Waals surface area contributed by atoms with E-state index >= 15 is 0 Å². The van der Waals surface area contributed by atoms with E-state index in [-0.39, 0.29) is 0 Å². The van der Waals surface area contributed by atoms with Gasteiger partial charge in [0.1, 0.15) is 0 Å². The SMILES string of the molecule is Cc1cccc(N=Nc2ncc[nH]2)c1. The van der Waals surface area contributed by atoms with Crippen LogP contribution in [0.15, 0.2) is 46.9 Å². The standard InChI is InChI=1S/C10H10N4/c1-8-3-2-4-9(7-8)13-14-10-11-5-6-12-10/h2-7H,1H3,(H,11,12). The van der Waals surface area contributed by atoms with Gasteiger partial charge in [-0.05, 0) is 24.6 Å². The van der Waals surface area contributed by atoms with Crippen molar-refractivity contribution in [1.82, 2.24) is 9.97 Å². The van der Waals surface area contributed by atoms with Crippen LogP contribution in [0, 0.1) is 6.92 Å². The van der Waals surface area contributed by atoms with Gasteiger partial charge in [0.2, 0.25) is 5.95 Å². The number of aromatic nitrogens is 2. The minimum absolute atomic E-state index is 0.520. The van der Waals surface area contributed by atoms with Crippen LogP contribution in [0.4, 0.5) is 11.6 Å². The van der Waals surface area contributed by atoms with E-state index in [0.717, 1.165) is 5.69 Å². The van der Waals surface area contributed by atoms with Gasteiger partial charge in [-0.15, -0.1) is 10.2 Å². The van der Waals surface area contributed by atoms with Crippen LogP contribution in [-0.4, -0.2) is 9.97 Å². The zero-order valence-corrected chi connectivity index (χ0v) is 7.81. The van der Waals surface area contributed by atoms with Gasteiger partial charge in [0, 0.05) is 12.4 Å². The van der Waals surface area contributed by atoms with E-state index in [4.69, 9.17) is 0 Å². The van der Waals surface area contributed by atoms with E-state index in [1.807, 2.05) is 31.2 Å². The van der Waals surface area contributed by atoms with Gasteiger partial charge in [-0.1, -0.05) is 12.1 Å². The van der Waals surface area contributed by atoms with Gasteiger partial charge in [-0.3, -0.25) is 0 Å². The molecule has 4 nitrogen and oxygen atoms in total. The highest BCUT2D eigenvalue weighted by molar-refractivity contribution is 5.39. The van der Waals surface area contributed by atoms with E-state index in [1.54, 1.807) is 12.4 Å². The molecule has 1 aromatic heterocycles. The van der Waals surface area contributed by atoms with Crippen molar-refractivity contribution in [3.63, 3.8) is 0 Å². The summed E-state index contributed by atoms with van der Waals surface area (Å²) >= 11 is 0. The molecular weight excluding hydrogens is 176 g/mol. The predicted octanol–water partition coefficient (Wildman–Crippen LogP) is 3.13. The number of hydrogen-bond acceptors (Lipinski definition) is 3. The zero-order valence-electron chi connectivity index (χ0n) is 7.81. The summed E-state index contributed by atoms with van der Waals surface area (Å²) in [6, 6.07) is 7.84. The van der Waals surface area contributed by atoms with Gasteiger partial charge < -0.3 is 4.98 Å². The Bertz CT molecular complexity index is 431. The number of aryl methyl sites for hydroxylation is 1. The topological polar surface area (TPSA) is 53.4 Å². The van der Waals surface area contributed by atoms with Crippen LogP contribution in [0.3, 0.4) is 0 Å². The minimum Gasteiger partial charge on any atom is -0.328 e. The molecule has 0 spiro atoms. The molecule has 0 amide bonds. The Morgan fingerprint density at radius 1 is 1.29 bits per heavy atom. The summed E-state index contributed by atoms with van der Waals surface area (Å²) < 4.78 is 0. The maximum absolute atomic E-state index is 4.04. The van der Waals surface area contributed by atoms with E-state index in [1.165, 1.54) is 5.56 Å². The highest BCUT2D eigenvalue weighted by Crippen LogP contribution is 2.15. The molecule has 0 saturated carbocycles. The Kier molecular flexibility index (Phi) is 2.36. The van der Waals surface area contributed by atoms with E-state index in [2.05, 4.69) is 20.2 Å². The van der Waals surface area contributed by atoms with Crippen molar-refractivity contribution in [2.24, 2.45) is 10.2 Å². The highest BCUT2D eigenvalue weighted by atomic mass is 15.2. The Morgan fingerprint density at radius 2 is 2.21 bits per heavy atom. The van der Waals surface area contributed by atoms with E-state index in [9.17, 15) is 0 Å². The molecule has 2 aromatic rings. The monoisotopic (exact) mass is 186 g/mol. The molecule has 0 radical (unpaired) electrons. The lowest BCUT2D eigenvalue weighted by molar-refractivity contribution is 1.12. The summed E-state index contributed by atoms with van der Waals surface area (Å²) in [5, 5.41) is 7.98. The van der Waals surface area contributed by atoms with Crippen molar-refractivity contribution in [2.75, 3.05) is 0 Å². The first-order valence-electron chi connectivity index (χ1n) is 4.32. The molecule has 0 bridgehead atoms. The highest BCUT2D eigenvalue weighted by Gasteiger charge is 1.91. The van der Waals surface area contributed by atoms with Gasteiger partial charge in [-0.2, -0.15) is 0 Å².